The van der Waals surface area contributed by atoms with Crippen LogP contribution in [-0.2, 0) is 9.59 Å². The van der Waals surface area contributed by atoms with Gasteiger partial charge in [0, 0.05) is 6.42 Å². The first kappa shape index (κ1) is 14.0. The van der Waals surface area contributed by atoms with E-state index < -0.39 is 12.0 Å². The molecule has 1 aliphatic carbocycles. The molecule has 1 saturated carbocycles. The van der Waals surface area contributed by atoms with Crippen molar-refractivity contribution in [3.63, 3.8) is 0 Å². The van der Waals surface area contributed by atoms with Crippen molar-refractivity contribution in [1.29, 1.82) is 0 Å². The summed E-state index contributed by atoms with van der Waals surface area (Å²) in [6, 6.07) is -0.832. The summed E-state index contributed by atoms with van der Waals surface area (Å²) in [5, 5.41) is 11.2. The number of hydrogen-bond donors (Lipinski definition) is 3. The summed E-state index contributed by atoms with van der Waals surface area (Å²) in [5.41, 5.74) is 5.67. The van der Waals surface area contributed by atoms with Gasteiger partial charge in [-0.15, -0.1) is 0 Å². The SMILES string of the molecule is C[C@@H](NC(=O)CC1(CN)CCCCC1)C(=O)O. The smallest absolute Gasteiger partial charge is 0.325 e. The first-order valence-corrected chi connectivity index (χ1v) is 6.21. The Labute approximate surface area is 102 Å². The van der Waals surface area contributed by atoms with Gasteiger partial charge in [0.25, 0.3) is 0 Å². The van der Waals surface area contributed by atoms with Crippen LogP contribution in [0.1, 0.15) is 45.4 Å². The normalized spacial score (nSPS) is 20.6. The summed E-state index contributed by atoms with van der Waals surface area (Å²) in [6.45, 7) is 1.97. The average molecular weight is 242 g/mol. The molecule has 0 unspecified atom stereocenters. The Hall–Kier alpha value is -1.10. The summed E-state index contributed by atoms with van der Waals surface area (Å²) in [7, 11) is 0. The lowest BCUT2D eigenvalue weighted by Gasteiger charge is -2.35. The number of carbonyl (C=O) groups excluding carboxylic acids is 1. The Balaban J connectivity index is 2.50. The van der Waals surface area contributed by atoms with E-state index in [4.69, 9.17) is 10.8 Å². The van der Waals surface area contributed by atoms with Gasteiger partial charge < -0.3 is 16.2 Å². The quantitative estimate of drug-likeness (QED) is 0.667. The van der Waals surface area contributed by atoms with Crippen LogP contribution in [0.5, 0.6) is 0 Å². The largest absolute Gasteiger partial charge is 0.480 e. The maximum absolute atomic E-state index is 11.8. The Bertz CT molecular complexity index is 285. The van der Waals surface area contributed by atoms with Crippen molar-refractivity contribution in [2.45, 2.75) is 51.5 Å². The minimum absolute atomic E-state index is 0.111. The third kappa shape index (κ3) is 4.00. The predicted molar refractivity (Wildman–Crippen MR) is 64.4 cm³/mol. The second kappa shape index (κ2) is 6.00. The molecule has 4 N–H and O–H groups in total. The van der Waals surface area contributed by atoms with Gasteiger partial charge in [0.05, 0.1) is 0 Å². The zero-order valence-electron chi connectivity index (χ0n) is 10.4. The lowest BCUT2D eigenvalue weighted by Crippen LogP contribution is -2.43. The maximum Gasteiger partial charge on any atom is 0.325 e. The van der Waals surface area contributed by atoms with Crippen molar-refractivity contribution in [2.24, 2.45) is 11.1 Å². The Morgan fingerprint density at radius 3 is 2.41 bits per heavy atom. The molecule has 0 aliphatic heterocycles. The van der Waals surface area contributed by atoms with E-state index in [1.165, 1.54) is 13.3 Å². The van der Waals surface area contributed by atoms with Gasteiger partial charge in [0.15, 0.2) is 0 Å². The van der Waals surface area contributed by atoms with Gasteiger partial charge in [0.2, 0.25) is 5.91 Å². The molecule has 5 nitrogen and oxygen atoms in total. The minimum atomic E-state index is -1.01. The van der Waals surface area contributed by atoms with E-state index in [-0.39, 0.29) is 11.3 Å². The van der Waals surface area contributed by atoms with Crippen LogP contribution >= 0.6 is 0 Å². The molecule has 0 spiro atoms. The maximum atomic E-state index is 11.8. The third-order valence-electron chi connectivity index (χ3n) is 3.63. The van der Waals surface area contributed by atoms with Crippen molar-refractivity contribution >= 4 is 11.9 Å². The number of nitrogens with two attached hydrogens (primary N) is 1. The first-order chi connectivity index (χ1) is 7.99. The van der Waals surface area contributed by atoms with Crippen molar-refractivity contribution in [1.82, 2.24) is 5.32 Å². The summed E-state index contributed by atoms with van der Waals surface area (Å²) >= 11 is 0. The summed E-state index contributed by atoms with van der Waals surface area (Å²) in [6.07, 6.45) is 5.71. The van der Waals surface area contributed by atoms with Crippen LogP contribution in [0.3, 0.4) is 0 Å². The van der Waals surface area contributed by atoms with Crippen molar-refractivity contribution in [2.75, 3.05) is 6.54 Å². The number of carboxylic acid groups (broad SMARTS) is 1. The van der Waals surface area contributed by atoms with Crippen LogP contribution in [-0.4, -0.2) is 29.6 Å². The van der Waals surface area contributed by atoms with Crippen LogP contribution < -0.4 is 11.1 Å². The second-order valence-electron chi connectivity index (χ2n) is 5.07. The average Bonchev–Trinajstić information content (AvgIpc) is 2.29. The van der Waals surface area contributed by atoms with Crippen molar-refractivity contribution in [3.05, 3.63) is 0 Å². The van der Waals surface area contributed by atoms with Crippen molar-refractivity contribution in [3.8, 4) is 0 Å². The molecular formula is C12H22N2O3. The van der Waals surface area contributed by atoms with E-state index >= 15 is 0 Å². The molecule has 0 saturated heterocycles. The number of rotatable bonds is 5. The molecule has 0 bridgehead atoms. The number of hydrogen-bond acceptors (Lipinski definition) is 3. The van der Waals surface area contributed by atoms with E-state index in [1.54, 1.807) is 0 Å². The van der Waals surface area contributed by atoms with E-state index in [0.717, 1.165) is 25.7 Å². The molecule has 0 aromatic carbocycles. The van der Waals surface area contributed by atoms with E-state index in [2.05, 4.69) is 5.32 Å². The Morgan fingerprint density at radius 2 is 1.94 bits per heavy atom. The molecule has 5 heteroatoms. The van der Waals surface area contributed by atoms with Crippen LogP contribution in [0.4, 0.5) is 0 Å². The molecule has 1 rings (SSSR count). The fourth-order valence-electron chi connectivity index (χ4n) is 2.45. The molecule has 17 heavy (non-hydrogen) atoms. The second-order valence-corrected chi connectivity index (χ2v) is 5.07. The van der Waals surface area contributed by atoms with Gasteiger partial charge in [-0.25, -0.2) is 0 Å². The number of nitrogens with one attached hydrogen (secondary N) is 1. The van der Waals surface area contributed by atoms with Gasteiger partial charge in [-0.3, -0.25) is 9.59 Å². The highest BCUT2D eigenvalue weighted by atomic mass is 16.4. The lowest BCUT2D eigenvalue weighted by molar-refractivity contribution is -0.141. The number of amides is 1. The molecule has 0 aromatic heterocycles. The van der Waals surface area contributed by atoms with Gasteiger partial charge in [-0.05, 0) is 31.7 Å². The van der Waals surface area contributed by atoms with Gasteiger partial charge in [-0.2, -0.15) is 0 Å². The highest BCUT2D eigenvalue weighted by Gasteiger charge is 2.33. The molecule has 0 heterocycles. The minimum Gasteiger partial charge on any atom is -0.480 e. The van der Waals surface area contributed by atoms with Crippen LogP contribution in [0.15, 0.2) is 0 Å². The molecular weight excluding hydrogens is 220 g/mol. The van der Waals surface area contributed by atoms with Gasteiger partial charge in [-0.1, -0.05) is 19.3 Å². The molecule has 1 amide bonds. The summed E-state index contributed by atoms with van der Waals surface area (Å²) in [4.78, 5) is 22.4. The Morgan fingerprint density at radius 1 is 1.35 bits per heavy atom. The number of carboxylic acids is 1. The molecule has 1 fully saturated rings. The standard InChI is InChI=1S/C12H22N2O3/c1-9(11(16)17)14-10(15)7-12(8-13)5-3-2-4-6-12/h9H,2-8,13H2,1H3,(H,14,15)(H,16,17)/t9-/m1/s1. The van der Waals surface area contributed by atoms with E-state index in [0.29, 0.717) is 13.0 Å². The third-order valence-corrected chi connectivity index (χ3v) is 3.63. The monoisotopic (exact) mass is 242 g/mol. The van der Waals surface area contributed by atoms with E-state index in [1.807, 2.05) is 0 Å². The molecule has 0 aromatic rings. The Kier molecular flexibility index (Phi) is 4.93. The zero-order chi connectivity index (χ0) is 12.9. The highest BCUT2D eigenvalue weighted by molar-refractivity contribution is 5.83. The first-order valence-electron chi connectivity index (χ1n) is 6.21. The molecule has 0 radical (unpaired) electrons. The van der Waals surface area contributed by atoms with Crippen LogP contribution in [0.2, 0.25) is 0 Å². The van der Waals surface area contributed by atoms with Gasteiger partial charge in [0.1, 0.15) is 6.04 Å². The highest BCUT2D eigenvalue weighted by Crippen LogP contribution is 2.38. The molecule has 1 aliphatic rings. The topological polar surface area (TPSA) is 92.4 Å². The van der Waals surface area contributed by atoms with Gasteiger partial charge >= 0.3 is 5.97 Å². The molecule has 98 valence electrons. The summed E-state index contributed by atoms with van der Waals surface area (Å²) < 4.78 is 0. The predicted octanol–water partition coefficient (Wildman–Crippen LogP) is 0.875. The van der Waals surface area contributed by atoms with Crippen LogP contribution in [0, 0.1) is 5.41 Å². The lowest BCUT2D eigenvalue weighted by atomic mass is 9.71. The zero-order valence-corrected chi connectivity index (χ0v) is 10.4. The van der Waals surface area contributed by atoms with Crippen LogP contribution in [0.25, 0.3) is 0 Å². The molecule has 1 atom stereocenters. The fraction of sp³-hybridized carbons (Fsp3) is 0.833. The number of carbonyl (C=O) groups is 2. The number of aliphatic carboxylic acids is 1. The summed E-state index contributed by atoms with van der Waals surface area (Å²) in [5.74, 6) is -1.21. The van der Waals surface area contributed by atoms with Crippen molar-refractivity contribution < 1.29 is 14.7 Å². The van der Waals surface area contributed by atoms with E-state index in [9.17, 15) is 9.59 Å². The fourth-order valence-corrected chi connectivity index (χ4v) is 2.45.